The molecule has 24 nitrogen and oxygen atoms in total. The van der Waals surface area contributed by atoms with Crippen LogP contribution in [0.15, 0.2) is 84.9 Å². The van der Waals surface area contributed by atoms with E-state index >= 15 is 0 Å². The highest BCUT2D eigenvalue weighted by atomic mass is 16.7. The molecule has 0 amide bonds. The Labute approximate surface area is 430 Å². The second kappa shape index (κ2) is 26.9. The van der Waals surface area contributed by atoms with Gasteiger partial charge in [0.05, 0.1) is 19.6 Å². The van der Waals surface area contributed by atoms with Gasteiger partial charge < -0.3 is 98.4 Å². The molecule has 3 fully saturated rings. The summed E-state index contributed by atoms with van der Waals surface area (Å²) in [6.45, 7) is 1.62. The number of hydrogen-bond donors (Lipinski definition) is 10. The molecule has 10 N–H and O–H groups in total. The van der Waals surface area contributed by atoms with E-state index in [0.717, 1.165) is 13.0 Å². The van der Waals surface area contributed by atoms with Crippen LogP contribution in [-0.2, 0) is 70.3 Å². The van der Waals surface area contributed by atoms with Crippen molar-refractivity contribution in [1.29, 1.82) is 0 Å². The normalized spacial score (nSPS) is 30.7. The number of rotatable bonds is 22. The van der Waals surface area contributed by atoms with Crippen LogP contribution >= 0.6 is 0 Å². The summed E-state index contributed by atoms with van der Waals surface area (Å²) in [6.07, 6.45) is -23.3. The Morgan fingerprint density at radius 1 is 0.600 bits per heavy atom. The van der Waals surface area contributed by atoms with Crippen LogP contribution in [0.25, 0.3) is 6.08 Å². The highest BCUT2D eigenvalue weighted by molar-refractivity contribution is 5.87. The number of carbonyl (C=O) groups excluding carboxylic acids is 4. The number of ether oxygens (including phenoxy) is 10. The van der Waals surface area contributed by atoms with Crippen LogP contribution in [0, 0.1) is 5.92 Å². The van der Waals surface area contributed by atoms with Crippen molar-refractivity contribution in [2.24, 2.45) is 5.92 Å². The molecule has 0 aliphatic carbocycles. The molecule has 3 aliphatic heterocycles. The smallest absolute Gasteiger partial charge is 0.339 e. The molecule has 0 unspecified atom stereocenters. The zero-order chi connectivity index (χ0) is 54.6. The van der Waals surface area contributed by atoms with Crippen LogP contribution in [0.1, 0.15) is 50.3 Å². The minimum Gasteiger partial charge on any atom is -0.463 e. The van der Waals surface area contributed by atoms with Crippen molar-refractivity contribution in [2.75, 3.05) is 19.8 Å². The Hall–Kier alpha value is -5.68. The van der Waals surface area contributed by atoms with Gasteiger partial charge in [0.15, 0.2) is 18.0 Å². The van der Waals surface area contributed by atoms with Gasteiger partial charge in [-0.2, -0.15) is 0 Å². The Morgan fingerprint density at radius 3 is 1.60 bits per heavy atom. The summed E-state index contributed by atoms with van der Waals surface area (Å²) in [4.78, 5) is 53.7. The van der Waals surface area contributed by atoms with Crippen molar-refractivity contribution < 1.29 is 118 Å². The van der Waals surface area contributed by atoms with Gasteiger partial charge in [-0.1, -0.05) is 68.4 Å². The molecule has 0 bridgehead atoms. The Kier molecular flexibility index (Phi) is 21.0. The Morgan fingerprint density at radius 2 is 1.11 bits per heavy atom. The van der Waals surface area contributed by atoms with Gasteiger partial charge in [-0.3, -0.25) is 9.59 Å². The van der Waals surface area contributed by atoms with E-state index in [1.165, 1.54) is 54.6 Å². The molecule has 0 radical (unpaired) electrons. The standard InChI is InChI=1S/C51H64O24/c1-26(2)19-51(50(65)68-24-30-11-16-32(17-12-30)70-48-44(63)42(61)39(58)34(22-53)72-48,20-37(56)67-23-29-9-14-31(15-10-29)69-47-43(62)41(60)38(57)33(21-52)71-47)75-49-45(64)46(40(59)35(73-49)25-66-27(3)54)74-36(55)18-13-28-7-5-4-6-8-28/h4-18,26,33-35,38-49,52-53,57-64H,19-25H2,1-3H3/t33-,34-,35-,38-,39-,40-,41+,42+,43-,44-,45-,46+,47-,48-,49+,51-/m1/s1. The van der Waals surface area contributed by atoms with Crippen molar-refractivity contribution in [3.63, 3.8) is 0 Å². The maximum atomic E-state index is 14.7. The van der Waals surface area contributed by atoms with E-state index in [2.05, 4.69) is 0 Å². The molecular formula is C51H64O24. The van der Waals surface area contributed by atoms with Crippen LogP contribution < -0.4 is 9.47 Å². The lowest BCUT2D eigenvalue weighted by atomic mass is 9.88. The molecule has 24 heteroatoms. The second-order valence-corrected chi connectivity index (χ2v) is 18.5. The van der Waals surface area contributed by atoms with Crippen molar-refractivity contribution >= 4 is 30.0 Å². The summed E-state index contributed by atoms with van der Waals surface area (Å²) in [5, 5.41) is 104. The summed E-state index contributed by atoms with van der Waals surface area (Å²) < 4.78 is 56.5. The summed E-state index contributed by atoms with van der Waals surface area (Å²) in [5.74, 6) is -4.23. The second-order valence-electron chi connectivity index (χ2n) is 18.5. The maximum Gasteiger partial charge on any atom is 0.339 e. The predicted octanol–water partition coefficient (Wildman–Crippen LogP) is -1.34. The third kappa shape index (κ3) is 15.5. The summed E-state index contributed by atoms with van der Waals surface area (Å²) in [6, 6.07) is 20.2. The van der Waals surface area contributed by atoms with Crippen LogP contribution in [0.5, 0.6) is 11.5 Å². The summed E-state index contributed by atoms with van der Waals surface area (Å²) in [5.41, 5.74) is -1.02. The van der Waals surface area contributed by atoms with E-state index in [9.17, 15) is 70.2 Å². The van der Waals surface area contributed by atoms with Gasteiger partial charge in [0, 0.05) is 13.0 Å². The van der Waals surface area contributed by atoms with Gasteiger partial charge in [0.1, 0.15) is 98.5 Å². The number of aliphatic hydroxyl groups is 10. The van der Waals surface area contributed by atoms with Crippen LogP contribution in [0.2, 0.25) is 0 Å². The molecule has 75 heavy (non-hydrogen) atoms. The third-order valence-corrected chi connectivity index (χ3v) is 12.3. The molecule has 3 heterocycles. The van der Waals surface area contributed by atoms with Gasteiger partial charge >= 0.3 is 23.9 Å². The number of esters is 4. The molecule has 3 aromatic rings. The van der Waals surface area contributed by atoms with Gasteiger partial charge in [0.25, 0.3) is 0 Å². The van der Waals surface area contributed by atoms with Gasteiger partial charge in [-0.05, 0) is 59.4 Å². The van der Waals surface area contributed by atoms with Crippen molar-refractivity contribution in [2.45, 2.75) is 145 Å². The lowest BCUT2D eigenvalue weighted by Crippen LogP contribution is -2.63. The predicted molar refractivity (Wildman–Crippen MR) is 252 cm³/mol. The highest BCUT2D eigenvalue weighted by Gasteiger charge is 2.54. The summed E-state index contributed by atoms with van der Waals surface area (Å²) >= 11 is 0. The number of hydrogen-bond acceptors (Lipinski definition) is 24. The molecule has 6 rings (SSSR count). The molecule has 3 aromatic carbocycles. The van der Waals surface area contributed by atoms with Crippen molar-refractivity contribution in [3.8, 4) is 11.5 Å². The monoisotopic (exact) mass is 1060 g/mol. The molecule has 412 valence electrons. The average molecular weight is 1060 g/mol. The minimum atomic E-state index is -2.37. The first-order valence-electron chi connectivity index (χ1n) is 23.9. The quantitative estimate of drug-likeness (QED) is 0.0316. The van der Waals surface area contributed by atoms with E-state index in [0.29, 0.717) is 16.7 Å². The average Bonchev–Trinajstić information content (AvgIpc) is 3.39. The first-order valence-corrected chi connectivity index (χ1v) is 23.9. The summed E-state index contributed by atoms with van der Waals surface area (Å²) in [7, 11) is 0. The fourth-order valence-electron chi connectivity index (χ4n) is 8.28. The van der Waals surface area contributed by atoms with Crippen LogP contribution in [0.3, 0.4) is 0 Å². The number of carbonyl (C=O) groups is 4. The van der Waals surface area contributed by atoms with Gasteiger partial charge in [-0.25, -0.2) is 9.59 Å². The van der Waals surface area contributed by atoms with Crippen molar-refractivity contribution in [3.05, 3.63) is 102 Å². The molecule has 0 saturated carbocycles. The zero-order valence-corrected chi connectivity index (χ0v) is 41.0. The lowest BCUT2D eigenvalue weighted by Gasteiger charge is -2.44. The topological polar surface area (TPSA) is 363 Å². The fraction of sp³-hybridized carbons (Fsp3) is 0.529. The largest absolute Gasteiger partial charge is 0.463 e. The molecular weight excluding hydrogens is 997 g/mol. The molecule has 0 aromatic heterocycles. The molecule has 0 spiro atoms. The molecule has 3 saturated heterocycles. The van der Waals surface area contributed by atoms with E-state index in [-0.39, 0.29) is 17.9 Å². The maximum absolute atomic E-state index is 14.7. The fourth-order valence-corrected chi connectivity index (χ4v) is 8.28. The number of aliphatic hydroxyl groups excluding tert-OH is 10. The van der Waals surface area contributed by atoms with E-state index in [4.69, 9.17) is 47.4 Å². The Balaban J connectivity index is 1.23. The van der Waals surface area contributed by atoms with Crippen molar-refractivity contribution in [1.82, 2.24) is 0 Å². The zero-order valence-electron chi connectivity index (χ0n) is 41.0. The highest BCUT2D eigenvalue weighted by Crippen LogP contribution is 2.36. The lowest BCUT2D eigenvalue weighted by molar-refractivity contribution is -0.328. The number of benzene rings is 3. The minimum absolute atomic E-state index is 0.102. The van der Waals surface area contributed by atoms with E-state index < -0.39 is 167 Å². The third-order valence-electron chi connectivity index (χ3n) is 12.3. The van der Waals surface area contributed by atoms with E-state index in [1.807, 2.05) is 0 Å². The van der Waals surface area contributed by atoms with E-state index in [1.54, 1.807) is 44.2 Å². The Bertz CT molecular complexity index is 2330. The first kappa shape index (κ1) is 58.6. The SMILES string of the molecule is CC(=O)OC[C@H]1O[C@@H](O[C@@](CC(=O)OCc2ccc(O[C@@H]3O[C@H](CO)[C@@H](O)[C@H](O)[C@H]3O)cc2)(CC(C)C)C(=O)OCc2ccc(O[C@@H]3O[C@H](CO)[C@@H](O)[C@H](O)[C@H]3O)cc2)[C@H](O)[C@@H](OC(=O)C=Cc2ccccc2)[C@@H]1O. The van der Waals surface area contributed by atoms with Gasteiger partial charge in [0.2, 0.25) is 12.6 Å². The van der Waals surface area contributed by atoms with Crippen LogP contribution in [-0.4, -0.2) is 192 Å². The van der Waals surface area contributed by atoms with Gasteiger partial charge in [-0.15, -0.1) is 0 Å². The molecule has 16 atom stereocenters. The van der Waals surface area contributed by atoms with Crippen LogP contribution in [0.4, 0.5) is 0 Å². The molecule has 3 aliphatic rings. The first-order chi connectivity index (χ1) is 35.7.